The summed E-state index contributed by atoms with van der Waals surface area (Å²) in [5.74, 6) is -0.112. The fourth-order valence-corrected chi connectivity index (χ4v) is 2.63. The highest BCUT2D eigenvalue weighted by atomic mass is 35.5. The zero-order chi connectivity index (χ0) is 15.4. The molecule has 112 valence electrons. The van der Waals surface area contributed by atoms with E-state index < -0.39 is 5.54 Å². The van der Waals surface area contributed by atoms with Crippen LogP contribution in [-0.4, -0.2) is 18.0 Å². The van der Waals surface area contributed by atoms with E-state index in [4.69, 9.17) is 17.3 Å². The molecular weight excluding hydrogens is 272 g/mol. The second kappa shape index (κ2) is 6.59. The fourth-order valence-electron chi connectivity index (χ4n) is 2.24. The molecule has 0 heterocycles. The molecule has 0 saturated heterocycles. The summed E-state index contributed by atoms with van der Waals surface area (Å²) >= 11 is 6.23. The molecule has 3 nitrogen and oxygen atoms in total. The minimum atomic E-state index is -0.814. The average molecular weight is 297 g/mol. The topological polar surface area (TPSA) is 55.1 Å². The molecule has 20 heavy (non-hydrogen) atoms. The van der Waals surface area contributed by atoms with Gasteiger partial charge < -0.3 is 11.1 Å². The van der Waals surface area contributed by atoms with Crippen molar-refractivity contribution in [2.24, 2.45) is 5.73 Å². The highest BCUT2D eigenvalue weighted by Crippen LogP contribution is 2.29. The van der Waals surface area contributed by atoms with Gasteiger partial charge >= 0.3 is 0 Å². The molecule has 0 radical (unpaired) electrons. The van der Waals surface area contributed by atoms with Crippen LogP contribution < -0.4 is 11.1 Å². The summed E-state index contributed by atoms with van der Waals surface area (Å²) < 4.78 is 0. The van der Waals surface area contributed by atoms with Gasteiger partial charge in [-0.25, -0.2) is 0 Å². The normalized spacial score (nSPS) is 14.7. The smallest absolute Gasteiger partial charge is 0.239 e. The summed E-state index contributed by atoms with van der Waals surface area (Å²) in [7, 11) is 0. The summed E-state index contributed by atoms with van der Waals surface area (Å²) in [6.45, 7) is 8.41. The monoisotopic (exact) mass is 296 g/mol. The van der Waals surface area contributed by atoms with Gasteiger partial charge in [0, 0.05) is 17.0 Å². The predicted molar refractivity (Wildman–Crippen MR) is 85.0 cm³/mol. The van der Waals surface area contributed by atoms with Gasteiger partial charge in [0.05, 0.1) is 5.54 Å². The molecule has 0 bridgehead atoms. The van der Waals surface area contributed by atoms with E-state index in [9.17, 15) is 4.79 Å². The van der Waals surface area contributed by atoms with E-state index in [-0.39, 0.29) is 11.3 Å². The second-order valence-electron chi connectivity index (χ2n) is 6.21. The van der Waals surface area contributed by atoms with Crippen molar-refractivity contribution in [2.75, 3.05) is 6.54 Å². The Morgan fingerprint density at radius 3 is 2.45 bits per heavy atom. The Morgan fingerprint density at radius 2 is 1.90 bits per heavy atom. The highest BCUT2D eigenvalue weighted by molar-refractivity contribution is 6.31. The Labute approximate surface area is 126 Å². The minimum absolute atomic E-state index is 0.112. The summed E-state index contributed by atoms with van der Waals surface area (Å²) in [6.07, 6.45) is 1.56. The largest absolute Gasteiger partial charge is 0.354 e. The van der Waals surface area contributed by atoms with E-state index in [0.29, 0.717) is 13.0 Å². The first-order valence-electron chi connectivity index (χ1n) is 7.03. The first kappa shape index (κ1) is 17.0. The van der Waals surface area contributed by atoms with Crippen molar-refractivity contribution in [1.82, 2.24) is 5.32 Å². The molecule has 0 saturated carbocycles. The molecule has 1 unspecified atom stereocenters. The lowest BCUT2D eigenvalue weighted by atomic mass is 9.84. The molecule has 0 fully saturated rings. The fraction of sp³-hybridized carbons (Fsp3) is 0.562. The van der Waals surface area contributed by atoms with Crippen LogP contribution in [0.3, 0.4) is 0 Å². The molecule has 0 aliphatic carbocycles. The molecule has 1 aromatic carbocycles. The lowest BCUT2D eigenvalue weighted by Crippen LogP contribution is -2.53. The van der Waals surface area contributed by atoms with Gasteiger partial charge in [-0.15, -0.1) is 0 Å². The summed E-state index contributed by atoms with van der Waals surface area (Å²) in [5, 5.41) is 3.67. The van der Waals surface area contributed by atoms with Crippen LogP contribution in [0.4, 0.5) is 0 Å². The maximum atomic E-state index is 12.1. The van der Waals surface area contributed by atoms with Gasteiger partial charge in [-0.2, -0.15) is 0 Å². The Kier molecular flexibility index (Phi) is 5.60. The zero-order valence-electron chi connectivity index (χ0n) is 12.8. The Balaban J connectivity index is 2.74. The predicted octanol–water partition coefficient (Wildman–Crippen LogP) is 3.25. The van der Waals surface area contributed by atoms with Gasteiger partial charge in [0.15, 0.2) is 0 Å². The van der Waals surface area contributed by atoms with E-state index in [1.165, 1.54) is 0 Å². The van der Waals surface area contributed by atoms with E-state index in [1.807, 2.05) is 31.2 Å². The number of nitrogens with one attached hydrogen (secondary N) is 1. The van der Waals surface area contributed by atoms with Crippen molar-refractivity contribution < 1.29 is 4.79 Å². The SMILES string of the molecule is CCCC(C)(N)C(=O)NCC(C)(C)c1ccccc1Cl. The van der Waals surface area contributed by atoms with Gasteiger partial charge in [-0.3, -0.25) is 4.79 Å². The van der Waals surface area contributed by atoms with Crippen molar-refractivity contribution in [3.63, 3.8) is 0 Å². The number of benzene rings is 1. The lowest BCUT2D eigenvalue weighted by molar-refractivity contribution is -0.126. The third-order valence-electron chi connectivity index (χ3n) is 3.58. The quantitative estimate of drug-likeness (QED) is 0.846. The Hall–Kier alpha value is -1.06. The third kappa shape index (κ3) is 4.22. The van der Waals surface area contributed by atoms with Gasteiger partial charge in [-0.05, 0) is 25.0 Å². The van der Waals surface area contributed by atoms with Crippen LogP contribution in [0.25, 0.3) is 0 Å². The standard InChI is InChI=1S/C16H25ClN2O/c1-5-10-16(4,18)14(20)19-11-15(2,3)12-8-6-7-9-13(12)17/h6-9H,5,10-11,18H2,1-4H3,(H,19,20). The maximum absolute atomic E-state index is 12.1. The van der Waals surface area contributed by atoms with Crippen LogP contribution in [-0.2, 0) is 10.2 Å². The molecule has 1 amide bonds. The van der Waals surface area contributed by atoms with E-state index >= 15 is 0 Å². The van der Waals surface area contributed by atoms with Gasteiger partial charge in [-0.1, -0.05) is 57.0 Å². The minimum Gasteiger partial charge on any atom is -0.354 e. The first-order valence-corrected chi connectivity index (χ1v) is 7.40. The lowest BCUT2D eigenvalue weighted by Gasteiger charge is -2.29. The number of amides is 1. The van der Waals surface area contributed by atoms with E-state index in [0.717, 1.165) is 17.0 Å². The van der Waals surface area contributed by atoms with Crippen LogP contribution in [0.15, 0.2) is 24.3 Å². The number of halogens is 1. The van der Waals surface area contributed by atoms with Crippen molar-refractivity contribution in [3.8, 4) is 0 Å². The molecule has 0 aromatic heterocycles. The molecule has 1 aromatic rings. The number of carbonyl (C=O) groups excluding carboxylic acids is 1. The number of nitrogens with two attached hydrogens (primary N) is 1. The first-order chi connectivity index (χ1) is 9.20. The van der Waals surface area contributed by atoms with Crippen LogP contribution in [0.1, 0.15) is 46.1 Å². The van der Waals surface area contributed by atoms with Crippen LogP contribution >= 0.6 is 11.6 Å². The van der Waals surface area contributed by atoms with Gasteiger partial charge in [0.2, 0.25) is 5.91 Å². The molecule has 4 heteroatoms. The zero-order valence-corrected chi connectivity index (χ0v) is 13.6. The van der Waals surface area contributed by atoms with Crippen molar-refractivity contribution in [1.29, 1.82) is 0 Å². The Morgan fingerprint density at radius 1 is 1.30 bits per heavy atom. The average Bonchev–Trinajstić information content (AvgIpc) is 2.36. The van der Waals surface area contributed by atoms with E-state index in [2.05, 4.69) is 19.2 Å². The molecule has 0 spiro atoms. The molecular formula is C16H25ClN2O. The third-order valence-corrected chi connectivity index (χ3v) is 3.91. The second-order valence-corrected chi connectivity index (χ2v) is 6.62. The molecule has 1 rings (SSSR count). The summed E-state index contributed by atoms with van der Waals surface area (Å²) in [4.78, 5) is 12.1. The Bertz CT molecular complexity index is 469. The maximum Gasteiger partial charge on any atom is 0.239 e. The van der Waals surface area contributed by atoms with Gasteiger partial charge in [0.25, 0.3) is 0 Å². The van der Waals surface area contributed by atoms with Crippen LogP contribution in [0.5, 0.6) is 0 Å². The summed E-state index contributed by atoms with van der Waals surface area (Å²) in [5.41, 5.74) is 6.00. The number of hydrogen-bond acceptors (Lipinski definition) is 2. The number of carbonyl (C=O) groups is 1. The summed E-state index contributed by atoms with van der Waals surface area (Å²) in [6, 6.07) is 7.71. The molecule has 0 aliphatic rings. The van der Waals surface area contributed by atoms with Crippen LogP contribution in [0, 0.1) is 0 Å². The van der Waals surface area contributed by atoms with Crippen molar-refractivity contribution in [3.05, 3.63) is 34.9 Å². The number of rotatable bonds is 6. The molecule has 1 atom stereocenters. The highest BCUT2D eigenvalue weighted by Gasteiger charge is 2.30. The van der Waals surface area contributed by atoms with Gasteiger partial charge in [0.1, 0.15) is 0 Å². The van der Waals surface area contributed by atoms with Crippen LogP contribution in [0.2, 0.25) is 5.02 Å². The van der Waals surface area contributed by atoms with E-state index in [1.54, 1.807) is 6.92 Å². The van der Waals surface area contributed by atoms with Crippen molar-refractivity contribution in [2.45, 2.75) is 51.5 Å². The number of hydrogen-bond donors (Lipinski definition) is 2. The molecule has 0 aliphatic heterocycles. The van der Waals surface area contributed by atoms with Crippen molar-refractivity contribution >= 4 is 17.5 Å². The molecule has 3 N–H and O–H groups in total.